The van der Waals surface area contributed by atoms with E-state index >= 15 is 0 Å². The van der Waals surface area contributed by atoms with Gasteiger partial charge in [0.25, 0.3) is 5.56 Å². The molecule has 0 unspecified atom stereocenters. The normalized spacial score (nSPS) is 10.7. The number of pyridine rings is 1. The number of nitrogens with one attached hydrogen (secondary N) is 2. The number of H-pyrrole nitrogens is 1. The molecule has 2 N–H and O–H groups in total. The van der Waals surface area contributed by atoms with Crippen molar-refractivity contribution in [3.05, 3.63) is 70.8 Å². The van der Waals surface area contributed by atoms with Crippen molar-refractivity contribution >= 4 is 12.2 Å². The van der Waals surface area contributed by atoms with Crippen LogP contribution in [0.5, 0.6) is 0 Å². The highest BCUT2D eigenvalue weighted by molar-refractivity contribution is 5.77. The quantitative estimate of drug-likeness (QED) is 0.563. The Bertz CT molecular complexity index is 829. The summed E-state index contributed by atoms with van der Waals surface area (Å²) in [6.07, 6.45) is 3.18. The molecule has 0 atom stereocenters. The lowest BCUT2D eigenvalue weighted by molar-refractivity contribution is 0.947. The zero-order valence-corrected chi connectivity index (χ0v) is 11.5. The lowest BCUT2D eigenvalue weighted by Gasteiger charge is -2.01. The van der Waals surface area contributed by atoms with Gasteiger partial charge < -0.3 is 0 Å². The maximum atomic E-state index is 12.0. The van der Waals surface area contributed by atoms with Gasteiger partial charge in [0.05, 0.1) is 11.9 Å². The Morgan fingerprint density at radius 2 is 1.86 bits per heavy atom. The van der Waals surface area contributed by atoms with Crippen LogP contribution in [0.3, 0.4) is 0 Å². The van der Waals surface area contributed by atoms with Crippen molar-refractivity contribution < 1.29 is 0 Å². The first kappa shape index (κ1) is 13.6. The molecule has 0 fully saturated rings. The summed E-state index contributed by atoms with van der Waals surface area (Å²) in [5.41, 5.74) is 3.93. The van der Waals surface area contributed by atoms with E-state index < -0.39 is 0 Å². The molecule has 7 heteroatoms. The summed E-state index contributed by atoms with van der Waals surface area (Å²) >= 11 is 0. The fraction of sp³-hybridized carbons (Fsp3) is 0. The third-order valence-corrected chi connectivity index (χ3v) is 2.80. The molecule has 3 rings (SSSR count). The van der Waals surface area contributed by atoms with Gasteiger partial charge in [-0.15, -0.1) is 10.2 Å². The SMILES string of the molecule is O=c1[nH]c(N/N=C/c2ccccn2)nnc1-c1ccccc1. The van der Waals surface area contributed by atoms with E-state index in [-0.39, 0.29) is 17.2 Å². The standard InChI is InChI=1S/C15H12N6O/c22-14-13(11-6-2-1-3-7-11)19-21-15(18-14)20-17-10-12-8-4-5-9-16-12/h1-10H,(H2,18,20,21,22)/b17-10+. The predicted octanol–water partition coefficient (Wildman–Crippen LogP) is 1.67. The van der Waals surface area contributed by atoms with Crippen LogP contribution in [0.4, 0.5) is 5.95 Å². The topological polar surface area (TPSA) is 95.9 Å². The van der Waals surface area contributed by atoms with Crippen LogP contribution >= 0.6 is 0 Å². The molecule has 0 aliphatic carbocycles. The van der Waals surface area contributed by atoms with Crippen molar-refractivity contribution in [2.75, 3.05) is 5.43 Å². The molecule has 1 aromatic carbocycles. The van der Waals surface area contributed by atoms with Gasteiger partial charge in [-0.25, -0.2) is 5.43 Å². The number of anilines is 1. The third kappa shape index (κ3) is 3.21. The maximum Gasteiger partial charge on any atom is 0.279 e. The molecule has 0 saturated carbocycles. The minimum Gasteiger partial charge on any atom is -0.288 e. The number of hydrazone groups is 1. The largest absolute Gasteiger partial charge is 0.288 e. The summed E-state index contributed by atoms with van der Waals surface area (Å²) < 4.78 is 0. The van der Waals surface area contributed by atoms with E-state index in [1.165, 1.54) is 6.21 Å². The number of hydrogen-bond donors (Lipinski definition) is 2. The van der Waals surface area contributed by atoms with E-state index in [1.807, 2.05) is 30.3 Å². The summed E-state index contributed by atoms with van der Waals surface area (Å²) in [5.74, 6) is 0.164. The van der Waals surface area contributed by atoms with Gasteiger partial charge in [0.1, 0.15) is 0 Å². The molecule has 0 aliphatic rings. The molecule has 22 heavy (non-hydrogen) atoms. The molecule has 7 nitrogen and oxygen atoms in total. The van der Waals surface area contributed by atoms with E-state index in [2.05, 4.69) is 30.7 Å². The predicted molar refractivity (Wildman–Crippen MR) is 83.5 cm³/mol. The summed E-state index contributed by atoms with van der Waals surface area (Å²) in [6, 6.07) is 14.6. The van der Waals surface area contributed by atoms with Gasteiger partial charge in [-0.1, -0.05) is 36.4 Å². The third-order valence-electron chi connectivity index (χ3n) is 2.80. The first-order valence-corrected chi connectivity index (χ1v) is 6.55. The number of nitrogens with zero attached hydrogens (tertiary/aromatic N) is 4. The molecule has 2 heterocycles. The Morgan fingerprint density at radius 1 is 1.05 bits per heavy atom. The van der Waals surface area contributed by atoms with Gasteiger partial charge in [0.15, 0.2) is 5.69 Å². The van der Waals surface area contributed by atoms with Crippen LogP contribution in [0.2, 0.25) is 0 Å². The van der Waals surface area contributed by atoms with Crippen molar-refractivity contribution in [3.63, 3.8) is 0 Å². The lowest BCUT2D eigenvalue weighted by Crippen LogP contribution is -2.15. The number of aromatic nitrogens is 4. The van der Waals surface area contributed by atoms with Gasteiger partial charge in [0, 0.05) is 11.8 Å². The highest BCUT2D eigenvalue weighted by Crippen LogP contribution is 2.10. The number of hydrogen-bond acceptors (Lipinski definition) is 6. The van der Waals surface area contributed by atoms with E-state index in [4.69, 9.17) is 0 Å². The monoisotopic (exact) mass is 292 g/mol. The second kappa shape index (κ2) is 6.40. The van der Waals surface area contributed by atoms with Crippen molar-refractivity contribution in [3.8, 4) is 11.3 Å². The van der Waals surface area contributed by atoms with Gasteiger partial charge >= 0.3 is 0 Å². The highest BCUT2D eigenvalue weighted by atomic mass is 16.1. The van der Waals surface area contributed by atoms with Crippen molar-refractivity contribution in [1.82, 2.24) is 20.2 Å². The molecule has 0 radical (unpaired) electrons. The zero-order valence-electron chi connectivity index (χ0n) is 11.5. The molecule has 0 spiro atoms. The Balaban J connectivity index is 1.76. The minimum absolute atomic E-state index is 0.164. The van der Waals surface area contributed by atoms with Gasteiger partial charge in [-0.05, 0) is 12.1 Å². The molecule has 0 bridgehead atoms. The van der Waals surface area contributed by atoms with Crippen LogP contribution in [0, 0.1) is 0 Å². The van der Waals surface area contributed by atoms with Crippen LogP contribution in [0.25, 0.3) is 11.3 Å². The molecule has 0 saturated heterocycles. The first-order chi connectivity index (χ1) is 10.8. The average molecular weight is 292 g/mol. The van der Waals surface area contributed by atoms with E-state index in [1.54, 1.807) is 24.4 Å². The summed E-state index contributed by atoms with van der Waals surface area (Å²) in [5, 5.41) is 11.8. The zero-order chi connectivity index (χ0) is 15.2. The second-order valence-corrected chi connectivity index (χ2v) is 4.34. The van der Waals surface area contributed by atoms with Gasteiger partial charge in [-0.3, -0.25) is 14.8 Å². The molecular weight excluding hydrogens is 280 g/mol. The van der Waals surface area contributed by atoms with Crippen LogP contribution < -0.4 is 11.0 Å². The highest BCUT2D eigenvalue weighted by Gasteiger charge is 2.06. The van der Waals surface area contributed by atoms with E-state index in [9.17, 15) is 4.79 Å². The minimum atomic E-state index is -0.336. The van der Waals surface area contributed by atoms with Gasteiger partial charge in [0.2, 0.25) is 5.95 Å². The number of benzene rings is 1. The summed E-state index contributed by atoms with van der Waals surface area (Å²) in [4.78, 5) is 18.7. The van der Waals surface area contributed by atoms with Crippen LogP contribution in [0.1, 0.15) is 5.69 Å². The van der Waals surface area contributed by atoms with Crippen molar-refractivity contribution in [2.45, 2.75) is 0 Å². The molecule has 0 amide bonds. The smallest absolute Gasteiger partial charge is 0.279 e. The average Bonchev–Trinajstić information content (AvgIpc) is 2.57. The fourth-order valence-electron chi connectivity index (χ4n) is 1.78. The van der Waals surface area contributed by atoms with Crippen molar-refractivity contribution in [2.24, 2.45) is 5.10 Å². The first-order valence-electron chi connectivity index (χ1n) is 6.55. The second-order valence-electron chi connectivity index (χ2n) is 4.34. The molecule has 3 aromatic rings. The Morgan fingerprint density at radius 3 is 2.59 bits per heavy atom. The molecular formula is C15H12N6O. The van der Waals surface area contributed by atoms with Crippen LogP contribution in [-0.4, -0.2) is 26.4 Å². The summed E-state index contributed by atoms with van der Waals surface area (Å²) in [7, 11) is 0. The van der Waals surface area contributed by atoms with Gasteiger partial charge in [-0.2, -0.15) is 5.10 Å². The molecule has 2 aromatic heterocycles. The summed E-state index contributed by atoms with van der Waals surface area (Å²) in [6.45, 7) is 0. The van der Waals surface area contributed by atoms with Crippen LogP contribution in [0.15, 0.2) is 64.6 Å². The Kier molecular flexibility index (Phi) is 3.96. The number of rotatable bonds is 4. The fourth-order valence-corrected chi connectivity index (χ4v) is 1.78. The van der Waals surface area contributed by atoms with E-state index in [0.717, 1.165) is 0 Å². The molecule has 108 valence electrons. The number of aromatic amines is 1. The Hall–Kier alpha value is -3.35. The van der Waals surface area contributed by atoms with Crippen molar-refractivity contribution in [1.29, 1.82) is 0 Å². The lowest BCUT2D eigenvalue weighted by atomic mass is 10.2. The maximum absolute atomic E-state index is 12.0. The van der Waals surface area contributed by atoms with Crippen LogP contribution in [-0.2, 0) is 0 Å². The Labute approximate surface area is 125 Å². The molecule has 0 aliphatic heterocycles. The van der Waals surface area contributed by atoms with E-state index in [0.29, 0.717) is 11.3 Å².